The minimum Gasteiger partial charge on any atom is -0.353 e. The molecule has 3 unspecified atom stereocenters. The maximum absolute atomic E-state index is 14.0. The van der Waals surface area contributed by atoms with E-state index in [1.165, 1.54) is 17.2 Å². The van der Waals surface area contributed by atoms with E-state index >= 15 is 0 Å². The fraction of sp³-hybridized carbons (Fsp3) is 0.455. The summed E-state index contributed by atoms with van der Waals surface area (Å²) in [6.07, 6.45) is 3.71. The van der Waals surface area contributed by atoms with Crippen LogP contribution in [0.3, 0.4) is 0 Å². The Kier molecular flexibility index (Phi) is 7.32. The highest BCUT2D eigenvalue weighted by Gasteiger charge is 2.40. The fourth-order valence-electron chi connectivity index (χ4n) is 4.04. The molecule has 0 radical (unpaired) electrons. The minimum absolute atomic E-state index is 0. The van der Waals surface area contributed by atoms with Crippen LogP contribution in [0.25, 0.3) is 0 Å². The zero-order valence-corrected chi connectivity index (χ0v) is 19.3. The predicted octanol–water partition coefficient (Wildman–Crippen LogP) is 3.84. The summed E-state index contributed by atoms with van der Waals surface area (Å²) in [6.45, 7) is 6.46. The second kappa shape index (κ2) is 9.73. The summed E-state index contributed by atoms with van der Waals surface area (Å²) in [5.74, 6) is 1.59. The number of aliphatic imine (C=N–C) groups is 1. The van der Waals surface area contributed by atoms with Crippen molar-refractivity contribution in [3.8, 4) is 0 Å². The molecule has 2 fully saturated rings. The van der Waals surface area contributed by atoms with Crippen molar-refractivity contribution in [3.05, 3.63) is 59.5 Å². The lowest BCUT2D eigenvalue weighted by molar-refractivity contribution is 0.612. The average molecular weight is 509 g/mol. The summed E-state index contributed by atoms with van der Waals surface area (Å²) in [5, 5.41) is 7.13. The maximum Gasteiger partial charge on any atom is 0.191 e. The lowest BCUT2D eigenvalue weighted by atomic mass is 10.0. The van der Waals surface area contributed by atoms with Crippen molar-refractivity contribution in [2.45, 2.75) is 44.7 Å². The van der Waals surface area contributed by atoms with Crippen molar-refractivity contribution in [2.75, 3.05) is 24.5 Å². The number of rotatable bonds is 5. The number of nitrogens with one attached hydrogen (secondary N) is 2. The Labute approximate surface area is 189 Å². The predicted molar refractivity (Wildman–Crippen MR) is 127 cm³/mol. The minimum atomic E-state index is -0.261. The van der Waals surface area contributed by atoms with E-state index in [1.54, 1.807) is 12.3 Å². The number of benzene rings is 1. The fourth-order valence-corrected chi connectivity index (χ4v) is 4.04. The highest BCUT2D eigenvalue weighted by Crippen LogP contribution is 2.42. The molecule has 1 aliphatic carbocycles. The molecule has 4 rings (SSSR count). The molecule has 5 nitrogen and oxygen atoms in total. The second-order valence-corrected chi connectivity index (χ2v) is 7.66. The van der Waals surface area contributed by atoms with Crippen molar-refractivity contribution in [2.24, 2.45) is 4.99 Å². The van der Waals surface area contributed by atoms with Crippen molar-refractivity contribution < 1.29 is 4.39 Å². The molecule has 0 bridgehead atoms. The summed E-state index contributed by atoms with van der Waals surface area (Å²) < 4.78 is 14.0. The molecular formula is C22H29FIN5. The molecule has 2 N–H and O–H groups in total. The number of nitrogens with zero attached hydrogens (tertiary/aromatic N) is 3. The van der Waals surface area contributed by atoms with Gasteiger partial charge in [-0.2, -0.15) is 0 Å². The average Bonchev–Trinajstić information content (AvgIpc) is 3.28. The molecule has 156 valence electrons. The van der Waals surface area contributed by atoms with E-state index in [-0.39, 0.29) is 35.8 Å². The van der Waals surface area contributed by atoms with Crippen LogP contribution in [0.1, 0.15) is 36.8 Å². The number of halogens is 2. The molecule has 0 amide bonds. The summed E-state index contributed by atoms with van der Waals surface area (Å²) in [7, 11) is 0. The first-order chi connectivity index (χ1) is 13.7. The molecule has 3 atom stereocenters. The number of guanidine groups is 1. The van der Waals surface area contributed by atoms with E-state index in [2.05, 4.69) is 51.8 Å². The first kappa shape index (κ1) is 21.8. The van der Waals surface area contributed by atoms with Gasteiger partial charge in [0.15, 0.2) is 17.6 Å². The molecule has 29 heavy (non-hydrogen) atoms. The molecule has 1 aromatic carbocycles. The molecule has 2 aliphatic rings. The van der Waals surface area contributed by atoms with Crippen LogP contribution < -0.4 is 15.5 Å². The van der Waals surface area contributed by atoms with Crippen LogP contribution >= 0.6 is 24.0 Å². The maximum atomic E-state index is 14.0. The van der Waals surface area contributed by atoms with E-state index in [4.69, 9.17) is 0 Å². The highest BCUT2D eigenvalue weighted by molar-refractivity contribution is 14.0. The third kappa shape index (κ3) is 5.18. The molecule has 2 aromatic rings. The quantitative estimate of drug-likeness (QED) is 0.366. The number of aromatic nitrogens is 1. The highest BCUT2D eigenvalue weighted by atomic mass is 127. The van der Waals surface area contributed by atoms with Gasteiger partial charge in [-0.05, 0) is 49.9 Å². The molecule has 1 aromatic heterocycles. The number of hydrogen-bond donors (Lipinski definition) is 2. The topological polar surface area (TPSA) is 52.6 Å². The van der Waals surface area contributed by atoms with Crippen LogP contribution in [0, 0.1) is 12.7 Å². The zero-order chi connectivity index (χ0) is 19.5. The molecule has 1 saturated heterocycles. The van der Waals surface area contributed by atoms with Crippen LogP contribution in [-0.4, -0.2) is 42.7 Å². The smallest absolute Gasteiger partial charge is 0.191 e. The first-order valence-electron chi connectivity index (χ1n) is 10.1. The van der Waals surface area contributed by atoms with E-state index in [1.807, 2.05) is 11.8 Å². The zero-order valence-electron chi connectivity index (χ0n) is 16.9. The van der Waals surface area contributed by atoms with Crippen LogP contribution in [0.15, 0.2) is 47.6 Å². The van der Waals surface area contributed by atoms with Crippen molar-refractivity contribution in [3.63, 3.8) is 0 Å². The van der Waals surface area contributed by atoms with Gasteiger partial charge in [-0.25, -0.2) is 9.37 Å². The van der Waals surface area contributed by atoms with Crippen LogP contribution in [-0.2, 0) is 0 Å². The standard InChI is InChI=1S/C22H28FN5.HI/c1-3-24-22(27-20-13-18(20)17-8-5-4-7-15(17)2)26-16-10-12-28(14-16)21-19(23)9-6-11-25-21;/h4-9,11,16,18,20H,3,10,12-14H2,1-2H3,(H2,24,26,27);1H. The second-order valence-electron chi connectivity index (χ2n) is 7.66. The van der Waals surface area contributed by atoms with Crippen molar-refractivity contribution in [1.82, 2.24) is 15.6 Å². The van der Waals surface area contributed by atoms with Gasteiger partial charge in [-0.15, -0.1) is 24.0 Å². The Morgan fingerprint density at radius 1 is 1.24 bits per heavy atom. The molecule has 1 aliphatic heterocycles. The monoisotopic (exact) mass is 509 g/mol. The molecular weight excluding hydrogens is 480 g/mol. The lowest BCUT2D eigenvalue weighted by Gasteiger charge is -2.20. The van der Waals surface area contributed by atoms with Gasteiger partial charge in [0.1, 0.15) is 0 Å². The summed E-state index contributed by atoms with van der Waals surface area (Å²) in [6, 6.07) is 12.3. The van der Waals surface area contributed by atoms with Gasteiger partial charge >= 0.3 is 0 Å². The Morgan fingerprint density at radius 2 is 2.07 bits per heavy atom. The largest absolute Gasteiger partial charge is 0.353 e. The number of hydrogen-bond acceptors (Lipinski definition) is 3. The van der Waals surface area contributed by atoms with Gasteiger partial charge in [0.2, 0.25) is 0 Å². The van der Waals surface area contributed by atoms with Gasteiger partial charge in [0.05, 0.1) is 0 Å². The van der Waals surface area contributed by atoms with E-state index in [0.29, 0.717) is 17.8 Å². The SMILES string of the molecule is CCN=C(NC1CCN(c2ncccc2F)C1)NC1CC1c1ccccc1C.I. The number of aryl methyl sites for hydroxylation is 1. The van der Waals surface area contributed by atoms with Crippen LogP contribution in [0.2, 0.25) is 0 Å². The molecule has 2 heterocycles. The molecule has 1 saturated carbocycles. The third-order valence-corrected chi connectivity index (χ3v) is 5.58. The van der Waals surface area contributed by atoms with E-state index in [9.17, 15) is 4.39 Å². The Balaban J connectivity index is 0.00000240. The Morgan fingerprint density at radius 3 is 2.83 bits per heavy atom. The van der Waals surface area contributed by atoms with Crippen molar-refractivity contribution >= 4 is 35.8 Å². The van der Waals surface area contributed by atoms with Gasteiger partial charge < -0.3 is 15.5 Å². The molecule has 0 spiro atoms. The van der Waals surface area contributed by atoms with Crippen LogP contribution in [0.4, 0.5) is 10.2 Å². The van der Waals surface area contributed by atoms with Gasteiger partial charge in [0, 0.05) is 43.8 Å². The Bertz CT molecular complexity index is 859. The molecule has 7 heteroatoms. The summed E-state index contributed by atoms with van der Waals surface area (Å²) >= 11 is 0. The van der Waals surface area contributed by atoms with Gasteiger partial charge in [-0.3, -0.25) is 4.99 Å². The number of anilines is 1. The van der Waals surface area contributed by atoms with Gasteiger partial charge in [0.25, 0.3) is 0 Å². The van der Waals surface area contributed by atoms with E-state index < -0.39 is 0 Å². The third-order valence-electron chi connectivity index (χ3n) is 5.58. The first-order valence-corrected chi connectivity index (χ1v) is 10.1. The van der Waals surface area contributed by atoms with Gasteiger partial charge in [-0.1, -0.05) is 24.3 Å². The number of pyridine rings is 1. The normalized spacial score (nSPS) is 23.5. The summed E-state index contributed by atoms with van der Waals surface area (Å²) in [5.41, 5.74) is 2.77. The van der Waals surface area contributed by atoms with Crippen LogP contribution in [0.5, 0.6) is 0 Å². The van der Waals surface area contributed by atoms with Crippen molar-refractivity contribution in [1.29, 1.82) is 0 Å². The lowest BCUT2D eigenvalue weighted by Crippen LogP contribution is -2.45. The summed E-state index contributed by atoms with van der Waals surface area (Å²) in [4.78, 5) is 10.8. The van der Waals surface area contributed by atoms with E-state index in [0.717, 1.165) is 38.4 Å². The Hall–Kier alpha value is -1.90.